The van der Waals surface area contributed by atoms with Crippen LogP contribution in [0.3, 0.4) is 0 Å². The standard InChI is InChI=1S/C23H27N3O2S/c1-16-5-4-7-18(13-16)21(27)8-3-2-6-17-9-11-19(12-10-17)25-22(28)14-20-15-29-23(24)26-20/h4-5,7,9-13,15,21,27H,2-3,6,8,14H2,1H3,(H2,24,26)(H,25,28)/t21-/m0/s1/i4D,5D,6D2,7D,9D,10D,11D,12D,13D,21D. The van der Waals surface area contributed by atoms with Gasteiger partial charge in [-0.1, -0.05) is 48.2 Å². The first-order chi connectivity index (χ1) is 18.4. The largest absolute Gasteiger partial charge is 0.388 e. The van der Waals surface area contributed by atoms with Gasteiger partial charge in [0.1, 0.15) is 0 Å². The van der Waals surface area contributed by atoms with Crippen LogP contribution in [0.4, 0.5) is 10.8 Å². The summed E-state index contributed by atoms with van der Waals surface area (Å²) in [6.07, 6.45) is -6.38. The van der Waals surface area contributed by atoms with Crippen molar-refractivity contribution in [2.75, 3.05) is 11.1 Å². The van der Waals surface area contributed by atoms with Crippen molar-refractivity contribution < 1.29 is 25.0 Å². The van der Waals surface area contributed by atoms with E-state index < -0.39 is 90.3 Å². The highest BCUT2D eigenvalue weighted by atomic mass is 32.1. The first-order valence-corrected chi connectivity index (χ1v) is 9.69. The Bertz CT molecular complexity index is 1420. The second-order valence-electron chi connectivity index (χ2n) is 6.13. The van der Waals surface area contributed by atoms with Crippen molar-refractivity contribution in [3.8, 4) is 0 Å². The molecule has 6 heteroatoms. The molecule has 1 amide bonds. The number of carbonyl (C=O) groups is 1. The number of rotatable bonds is 9. The Morgan fingerprint density at radius 1 is 1.34 bits per heavy atom. The molecule has 0 spiro atoms. The van der Waals surface area contributed by atoms with E-state index in [-0.39, 0.29) is 29.6 Å². The van der Waals surface area contributed by atoms with Gasteiger partial charge in [0, 0.05) is 13.8 Å². The average molecular weight is 421 g/mol. The van der Waals surface area contributed by atoms with Gasteiger partial charge in [0.15, 0.2) is 5.13 Å². The highest BCUT2D eigenvalue weighted by Gasteiger charge is 2.08. The Kier molecular flexibility index (Phi) is 3.83. The van der Waals surface area contributed by atoms with Crippen LogP contribution in [0.1, 0.15) is 62.8 Å². The molecule has 2 aromatic carbocycles. The summed E-state index contributed by atoms with van der Waals surface area (Å²) in [6, 6.07) is -4.70. The summed E-state index contributed by atoms with van der Waals surface area (Å²) in [4.78, 5) is 16.4. The molecule has 0 saturated heterocycles. The number of thiazole rings is 1. The second-order valence-corrected chi connectivity index (χ2v) is 7.02. The molecule has 1 aromatic heterocycles. The Labute approximate surface area is 191 Å². The van der Waals surface area contributed by atoms with Crippen LogP contribution in [-0.4, -0.2) is 16.0 Å². The number of aromatic nitrogens is 1. The molecule has 0 saturated carbocycles. The van der Waals surface area contributed by atoms with Gasteiger partial charge in [0.05, 0.1) is 30.5 Å². The predicted molar refractivity (Wildman–Crippen MR) is 119 cm³/mol. The molecule has 4 N–H and O–H groups in total. The lowest BCUT2D eigenvalue weighted by Crippen LogP contribution is -2.14. The summed E-state index contributed by atoms with van der Waals surface area (Å²) in [5.74, 6) is -0.663. The van der Waals surface area contributed by atoms with Gasteiger partial charge < -0.3 is 16.2 Å². The number of carbonyl (C=O) groups excluding carboxylic acids is 1. The maximum Gasteiger partial charge on any atom is 0.230 e. The Morgan fingerprint density at radius 3 is 2.86 bits per heavy atom. The molecule has 29 heavy (non-hydrogen) atoms. The number of aliphatic hydroxyl groups is 1. The molecule has 0 radical (unpaired) electrons. The minimum atomic E-state index is -2.55. The van der Waals surface area contributed by atoms with Crippen molar-refractivity contribution in [2.45, 2.75) is 45.1 Å². The van der Waals surface area contributed by atoms with Crippen LogP contribution in [0.5, 0.6) is 0 Å². The fourth-order valence-corrected chi connectivity index (χ4v) is 2.95. The van der Waals surface area contributed by atoms with E-state index in [0.717, 1.165) is 11.3 Å². The Morgan fingerprint density at radius 2 is 2.14 bits per heavy atom. The normalized spacial score (nSPS) is 18.9. The number of nitrogen functional groups attached to an aromatic ring is 1. The fraction of sp³-hybridized carbons (Fsp3) is 0.304. The maximum atomic E-state index is 12.4. The van der Waals surface area contributed by atoms with Crippen molar-refractivity contribution in [2.24, 2.45) is 0 Å². The van der Waals surface area contributed by atoms with Crippen LogP contribution in [0.15, 0.2) is 53.7 Å². The lowest BCUT2D eigenvalue weighted by atomic mass is 10.00. The summed E-state index contributed by atoms with van der Waals surface area (Å²) in [5.41, 5.74) is 4.46. The van der Waals surface area contributed by atoms with Gasteiger partial charge >= 0.3 is 0 Å². The smallest absolute Gasteiger partial charge is 0.230 e. The molecule has 1 atom stereocenters. The quantitative estimate of drug-likeness (QED) is 0.470. The molecule has 152 valence electrons. The van der Waals surface area contributed by atoms with E-state index in [4.69, 9.17) is 20.8 Å². The maximum absolute atomic E-state index is 12.4. The minimum Gasteiger partial charge on any atom is -0.388 e. The number of nitrogens with one attached hydrogen (secondary N) is 1. The molecule has 0 aliphatic carbocycles. The summed E-state index contributed by atoms with van der Waals surface area (Å²) in [6.45, 7) is 1.36. The third-order valence-electron chi connectivity index (χ3n) is 3.73. The SMILES string of the molecule is [2H]c1c([2H])c(C)c([2H])c([C@@]([2H])(O)CCCC([2H])([2H])c2c([2H])c([2H])c(NC(=O)Cc3csc(N)n3)c([2H])c2[2H])c1[2H]. The highest BCUT2D eigenvalue weighted by Crippen LogP contribution is 2.21. The van der Waals surface area contributed by atoms with E-state index in [0.29, 0.717) is 5.69 Å². The molecular weight excluding hydrogens is 382 g/mol. The van der Waals surface area contributed by atoms with Crippen LogP contribution in [0.25, 0.3) is 0 Å². The second kappa shape index (κ2) is 10.2. The van der Waals surface area contributed by atoms with E-state index in [9.17, 15) is 9.90 Å². The van der Waals surface area contributed by atoms with Crippen LogP contribution >= 0.6 is 11.3 Å². The Balaban J connectivity index is 1.83. The topological polar surface area (TPSA) is 88.2 Å². The van der Waals surface area contributed by atoms with Gasteiger partial charge in [-0.05, 0) is 49.4 Å². The molecule has 3 aromatic rings. The van der Waals surface area contributed by atoms with E-state index in [2.05, 4.69) is 10.3 Å². The first-order valence-electron chi connectivity index (χ1n) is 14.3. The summed E-state index contributed by atoms with van der Waals surface area (Å²) >= 11 is 1.13. The third-order valence-corrected chi connectivity index (χ3v) is 4.45. The fourth-order valence-electron chi connectivity index (χ4n) is 2.39. The molecule has 0 bridgehead atoms. The molecule has 0 aliphatic rings. The number of amides is 1. The predicted octanol–water partition coefficient (Wildman–Crippen LogP) is 4.66. The van der Waals surface area contributed by atoms with Crippen molar-refractivity contribution in [3.05, 3.63) is 76.1 Å². The number of anilines is 2. The van der Waals surface area contributed by atoms with Gasteiger partial charge in [0.2, 0.25) is 5.91 Å². The lowest BCUT2D eigenvalue weighted by molar-refractivity contribution is -0.115. The summed E-state index contributed by atoms with van der Waals surface area (Å²) in [7, 11) is 0. The number of nitrogens with two attached hydrogens (primary N) is 1. The third kappa shape index (κ3) is 6.69. The van der Waals surface area contributed by atoms with Crippen molar-refractivity contribution >= 4 is 28.1 Å². The molecular formula is C23H27N3O2S. The summed E-state index contributed by atoms with van der Waals surface area (Å²) in [5, 5.41) is 14.9. The highest BCUT2D eigenvalue weighted by molar-refractivity contribution is 7.13. The lowest BCUT2D eigenvalue weighted by Gasteiger charge is -2.11. The zero-order chi connectivity index (χ0) is 30.3. The molecule has 0 aliphatic heterocycles. The molecule has 0 fully saturated rings. The van der Waals surface area contributed by atoms with Gasteiger partial charge in [-0.25, -0.2) is 4.98 Å². The van der Waals surface area contributed by atoms with Gasteiger partial charge in [0.25, 0.3) is 0 Å². The van der Waals surface area contributed by atoms with Crippen LogP contribution < -0.4 is 11.1 Å². The summed E-state index contributed by atoms with van der Waals surface area (Å²) < 4.78 is 90.4. The number of benzene rings is 2. The number of hydrogen-bond donors (Lipinski definition) is 3. The molecule has 3 rings (SSSR count). The van der Waals surface area contributed by atoms with Crippen molar-refractivity contribution in [1.82, 2.24) is 4.98 Å². The van der Waals surface area contributed by atoms with Crippen molar-refractivity contribution in [3.63, 3.8) is 0 Å². The Hall–Kier alpha value is -2.70. The van der Waals surface area contributed by atoms with Crippen molar-refractivity contribution in [1.29, 1.82) is 0 Å². The first kappa shape index (κ1) is 10.9. The van der Waals surface area contributed by atoms with Crippen LogP contribution in [0, 0.1) is 6.92 Å². The number of nitrogens with zero attached hydrogens (tertiary/aromatic N) is 1. The van der Waals surface area contributed by atoms with Gasteiger partial charge in [-0.2, -0.15) is 0 Å². The van der Waals surface area contributed by atoms with Gasteiger partial charge in [-0.3, -0.25) is 4.79 Å². The molecule has 5 nitrogen and oxygen atoms in total. The van der Waals surface area contributed by atoms with Crippen LogP contribution in [0.2, 0.25) is 0 Å². The number of hydrogen-bond acceptors (Lipinski definition) is 5. The molecule has 0 unspecified atom stereocenters. The average Bonchev–Trinajstić information content (AvgIpc) is 3.26. The van der Waals surface area contributed by atoms with E-state index in [1.54, 1.807) is 5.38 Å². The monoisotopic (exact) mass is 420 g/mol. The minimum absolute atomic E-state index is 0.0172. The zero-order valence-electron chi connectivity index (χ0n) is 26.7. The van der Waals surface area contributed by atoms with E-state index in [1.807, 2.05) is 0 Å². The van der Waals surface area contributed by atoms with Crippen LogP contribution in [-0.2, 0) is 17.6 Å². The molecule has 1 heterocycles. The zero-order valence-corrected chi connectivity index (χ0v) is 16.5. The van der Waals surface area contributed by atoms with E-state index >= 15 is 0 Å². The van der Waals surface area contributed by atoms with Gasteiger partial charge in [-0.15, -0.1) is 11.3 Å². The van der Waals surface area contributed by atoms with E-state index in [1.165, 1.54) is 6.92 Å².